The molecule has 1 aromatic carbocycles. The third-order valence-corrected chi connectivity index (χ3v) is 3.10. The predicted molar refractivity (Wildman–Crippen MR) is 71.8 cm³/mol. The zero-order chi connectivity index (χ0) is 13.4. The van der Waals surface area contributed by atoms with Crippen molar-refractivity contribution in [1.29, 1.82) is 0 Å². The Morgan fingerprint density at radius 3 is 3.00 bits per heavy atom. The van der Waals surface area contributed by atoms with Crippen molar-refractivity contribution in [1.82, 2.24) is 9.78 Å². The van der Waals surface area contributed by atoms with Gasteiger partial charge in [-0.25, -0.2) is 4.68 Å². The second-order valence-corrected chi connectivity index (χ2v) is 4.24. The van der Waals surface area contributed by atoms with E-state index in [1.54, 1.807) is 4.68 Å². The Morgan fingerprint density at radius 1 is 1.47 bits per heavy atom. The first-order valence-electron chi connectivity index (χ1n) is 5.93. The molecule has 1 unspecified atom stereocenters. The Bertz CT molecular complexity index is 675. The monoisotopic (exact) mass is 256 g/mol. The van der Waals surface area contributed by atoms with Crippen LogP contribution in [0.4, 0.5) is 11.4 Å². The Labute approximate surface area is 109 Å². The molecule has 3 rings (SSSR count). The number of hydrogen-bond acceptors (Lipinski definition) is 4. The van der Waals surface area contributed by atoms with Gasteiger partial charge in [-0.15, -0.1) is 0 Å². The van der Waals surface area contributed by atoms with Gasteiger partial charge in [0.25, 0.3) is 0 Å². The molecule has 6 nitrogen and oxygen atoms in total. The van der Waals surface area contributed by atoms with Gasteiger partial charge in [-0.1, -0.05) is 24.3 Å². The van der Waals surface area contributed by atoms with Crippen LogP contribution in [0.2, 0.25) is 0 Å². The number of hydrogen-bond donors (Lipinski definition) is 1. The number of para-hydroxylation sites is 1. The van der Waals surface area contributed by atoms with Crippen LogP contribution in [0.5, 0.6) is 0 Å². The summed E-state index contributed by atoms with van der Waals surface area (Å²) in [4.78, 5) is 10.7. The highest BCUT2D eigenvalue weighted by molar-refractivity contribution is 5.83. The average Bonchev–Trinajstić information content (AvgIpc) is 2.84. The molecule has 0 fully saturated rings. The number of allylic oxidation sites excluding steroid dienone is 1. The van der Waals surface area contributed by atoms with E-state index >= 15 is 0 Å². The summed E-state index contributed by atoms with van der Waals surface area (Å²) in [7, 11) is 0. The Hall–Kier alpha value is -2.63. The first kappa shape index (κ1) is 11.5. The molecular formula is C13H12N4O2. The van der Waals surface area contributed by atoms with Crippen LogP contribution in [0.1, 0.15) is 13.1 Å². The van der Waals surface area contributed by atoms with Gasteiger partial charge in [0.1, 0.15) is 12.4 Å². The fourth-order valence-electron chi connectivity index (χ4n) is 2.31. The fraction of sp³-hybridized carbons (Fsp3) is 0.154. The van der Waals surface area contributed by atoms with Crippen molar-refractivity contribution in [3.05, 3.63) is 52.7 Å². The highest BCUT2D eigenvalue weighted by atomic mass is 16.6. The molecule has 1 aromatic heterocycles. The largest absolute Gasteiger partial charge is 0.360 e. The summed E-state index contributed by atoms with van der Waals surface area (Å²) in [5.41, 5.74) is 2.25. The summed E-state index contributed by atoms with van der Waals surface area (Å²) in [6.45, 7) is 1.90. The van der Waals surface area contributed by atoms with Gasteiger partial charge in [0.05, 0.1) is 4.92 Å². The van der Waals surface area contributed by atoms with Crippen molar-refractivity contribution in [2.75, 3.05) is 5.32 Å². The van der Waals surface area contributed by atoms with Crippen LogP contribution in [0, 0.1) is 10.1 Å². The first-order chi connectivity index (χ1) is 9.22. The summed E-state index contributed by atoms with van der Waals surface area (Å²) >= 11 is 0. The summed E-state index contributed by atoms with van der Waals surface area (Å²) in [6.07, 6.45) is 4.90. The van der Waals surface area contributed by atoms with E-state index in [1.807, 2.05) is 43.3 Å². The Balaban J connectivity index is 2.27. The number of nitrogens with zero attached hydrogens (tertiary/aromatic N) is 3. The zero-order valence-electron chi connectivity index (χ0n) is 10.3. The van der Waals surface area contributed by atoms with E-state index in [9.17, 15) is 10.1 Å². The van der Waals surface area contributed by atoms with Crippen molar-refractivity contribution in [2.45, 2.75) is 13.1 Å². The minimum absolute atomic E-state index is 0.0310. The van der Waals surface area contributed by atoms with Crippen LogP contribution in [0.25, 0.3) is 11.3 Å². The van der Waals surface area contributed by atoms with E-state index in [-0.39, 0.29) is 11.9 Å². The third-order valence-electron chi connectivity index (χ3n) is 3.10. The number of nitrogens with one attached hydrogen (secondary N) is 1. The summed E-state index contributed by atoms with van der Waals surface area (Å²) in [5.74, 6) is 0. The van der Waals surface area contributed by atoms with Crippen molar-refractivity contribution in [2.24, 2.45) is 0 Å². The quantitative estimate of drug-likeness (QED) is 0.509. The molecule has 0 spiro atoms. The number of rotatable bonds is 2. The highest BCUT2D eigenvalue weighted by Crippen LogP contribution is 2.40. The van der Waals surface area contributed by atoms with Crippen molar-refractivity contribution in [3.8, 4) is 11.3 Å². The lowest BCUT2D eigenvalue weighted by molar-refractivity contribution is -0.384. The van der Waals surface area contributed by atoms with E-state index in [4.69, 9.17) is 0 Å². The lowest BCUT2D eigenvalue weighted by Gasteiger charge is -2.26. The van der Waals surface area contributed by atoms with Gasteiger partial charge in [-0.3, -0.25) is 10.1 Å². The van der Waals surface area contributed by atoms with Gasteiger partial charge in [-0.2, -0.15) is 5.10 Å². The molecule has 1 N–H and O–H groups in total. The van der Waals surface area contributed by atoms with Crippen molar-refractivity contribution < 1.29 is 4.92 Å². The normalized spacial score (nSPS) is 16.8. The Morgan fingerprint density at radius 2 is 2.26 bits per heavy atom. The van der Waals surface area contributed by atoms with Crippen molar-refractivity contribution in [3.63, 3.8) is 0 Å². The molecule has 2 aromatic rings. The van der Waals surface area contributed by atoms with Crippen LogP contribution in [0.15, 0.2) is 42.6 Å². The molecule has 0 amide bonds. The van der Waals surface area contributed by atoms with Crippen LogP contribution in [0.3, 0.4) is 0 Å². The fourth-order valence-corrected chi connectivity index (χ4v) is 2.31. The molecule has 1 aliphatic heterocycles. The maximum absolute atomic E-state index is 11.1. The highest BCUT2D eigenvalue weighted by Gasteiger charge is 2.30. The molecule has 96 valence electrons. The minimum Gasteiger partial charge on any atom is -0.360 e. The lowest BCUT2D eigenvalue weighted by atomic mass is 10.1. The lowest BCUT2D eigenvalue weighted by Crippen LogP contribution is -2.23. The first-order valence-corrected chi connectivity index (χ1v) is 5.93. The Kier molecular flexibility index (Phi) is 2.56. The van der Waals surface area contributed by atoms with Gasteiger partial charge in [0.15, 0.2) is 5.69 Å². The topological polar surface area (TPSA) is 73.0 Å². The number of benzene rings is 1. The summed E-state index contributed by atoms with van der Waals surface area (Å²) in [5, 5.41) is 18.6. The van der Waals surface area contributed by atoms with Gasteiger partial charge in [0, 0.05) is 11.3 Å². The van der Waals surface area contributed by atoms with Gasteiger partial charge >= 0.3 is 5.69 Å². The van der Waals surface area contributed by atoms with Crippen molar-refractivity contribution >= 4 is 11.4 Å². The molecule has 0 saturated heterocycles. The summed E-state index contributed by atoms with van der Waals surface area (Å²) in [6, 6.07) is 7.52. The molecule has 2 heterocycles. The van der Waals surface area contributed by atoms with Gasteiger partial charge < -0.3 is 5.32 Å². The molecule has 0 radical (unpaired) electrons. The predicted octanol–water partition coefficient (Wildman–Crippen LogP) is 2.96. The van der Waals surface area contributed by atoms with Gasteiger partial charge in [0.2, 0.25) is 0 Å². The average molecular weight is 256 g/mol. The molecule has 6 heteroatoms. The minimum atomic E-state index is -0.395. The summed E-state index contributed by atoms with van der Waals surface area (Å²) < 4.78 is 1.64. The van der Waals surface area contributed by atoms with Crippen LogP contribution in [-0.2, 0) is 0 Å². The third kappa shape index (κ3) is 1.69. The van der Waals surface area contributed by atoms with Crippen LogP contribution in [-0.4, -0.2) is 14.7 Å². The zero-order valence-corrected chi connectivity index (χ0v) is 10.3. The number of anilines is 1. The molecule has 0 saturated carbocycles. The molecule has 1 atom stereocenters. The van der Waals surface area contributed by atoms with Crippen LogP contribution < -0.4 is 5.32 Å². The smallest absolute Gasteiger partial charge is 0.315 e. The van der Waals surface area contributed by atoms with E-state index in [0.29, 0.717) is 5.69 Å². The van der Waals surface area contributed by atoms with E-state index < -0.39 is 4.92 Å². The van der Waals surface area contributed by atoms with E-state index in [0.717, 1.165) is 11.3 Å². The SMILES string of the molecule is C/C=C\C1Nc2ccccc2-c2c([N+](=O)[O-])cnn21. The standard InChI is InChI=1S/C13H12N4O2/c1-2-5-12-15-10-7-4-3-6-9(10)13-11(17(18)19)8-14-16(12)13/h2-8,12,15H,1H3/b5-2-. The maximum Gasteiger partial charge on any atom is 0.315 e. The number of fused-ring (bicyclic) bond motifs is 3. The second kappa shape index (κ2) is 4.24. The van der Waals surface area contributed by atoms with Gasteiger partial charge in [-0.05, 0) is 19.1 Å². The molecular weight excluding hydrogens is 244 g/mol. The maximum atomic E-state index is 11.1. The number of nitro groups is 1. The molecule has 0 aliphatic carbocycles. The van der Waals surface area contributed by atoms with E-state index in [2.05, 4.69) is 10.4 Å². The molecule has 19 heavy (non-hydrogen) atoms. The number of aromatic nitrogens is 2. The second-order valence-electron chi connectivity index (χ2n) is 4.24. The van der Waals surface area contributed by atoms with Crippen LogP contribution >= 0.6 is 0 Å². The molecule has 0 bridgehead atoms. The van der Waals surface area contributed by atoms with E-state index in [1.165, 1.54) is 6.20 Å². The molecule has 1 aliphatic rings.